The zero-order valence-electron chi connectivity index (χ0n) is 17.9. The maximum Gasteiger partial charge on any atom is 0.270 e. The van der Waals surface area contributed by atoms with Crippen LogP contribution < -0.4 is 10.6 Å². The summed E-state index contributed by atoms with van der Waals surface area (Å²) in [5, 5.41) is 7.71. The van der Waals surface area contributed by atoms with Gasteiger partial charge in [-0.15, -0.1) is 0 Å². The second kappa shape index (κ2) is 8.63. The number of H-pyrrole nitrogens is 1. The summed E-state index contributed by atoms with van der Waals surface area (Å²) in [6, 6.07) is 12.6. The summed E-state index contributed by atoms with van der Waals surface area (Å²) < 4.78 is 5.27. The highest BCUT2D eigenvalue weighted by Crippen LogP contribution is 2.27. The Labute approximate surface area is 180 Å². The van der Waals surface area contributed by atoms with Gasteiger partial charge in [-0.3, -0.25) is 9.59 Å². The van der Waals surface area contributed by atoms with E-state index in [1.54, 1.807) is 24.5 Å². The highest BCUT2D eigenvalue weighted by Gasteiger charge is 2.27. The number of carbonyl (C=O) groups excluding carboxylic acids is 2. The zero-order valence-corrected chi connectivity index (χ0v) is 17.9. The molecule has 0 fully saturated rings. The first kappa shape index (κ1) is 20.7. The fourth-order valence-corrected chi connectivity index (χ4v) is 3.74. The van der Waals surface area contributed by atoms with E-state index < -0.39 is 6.04 Å². The molecule has 0 saturated heterocycles. The van der Waals surface area contributed by atoms with E-state index in [2.05, 4.69) is 20.6 Å². The monoisotopic (exact) mass is 418 g/mol. The molecule has 3 heterocycles. The minimum Gasteiger partial charge on any atom is -0.467 e. The summed E-state index contributed by atoms with van der Waals surface area (Å²) in [4.78, 5) is 33.8. The number of para-hydroxylation sites is 1. The maximum atomic E-state index is 13.1. The molecule has 7 heteroatoms. The van der Waals surface area contributed by atoms with Crippen molar-refractivity contribution in [1.82, 2.24) is 20.6 Å². The molecule has 4 aromatic rings. The van der Waals surface area contributed by atoms with Gasteiger partial charge in [0.05, 0.1) is 24.0 Å². The Balaban J connectivity index is 1.58. The highest BCUT2D eigenvalue weighted by molar-refractivity contribution is 6.10. The smallest absolute Gasteiger partial charge is 0.270 e. The molecule has 2 atom stereocenters. The predicted molar refractivity (Wildman–Crippen MR) is 120 cm³/mol. The van der Waals surface area contributed by atoms with Crippen LogP contribution in [0.15, 0.2) is 53.1 Å². The Hall–Kier alpha value is -3.61. The summed E-state index contributed by atoms with van der Waals surface area (Å²) >= 11 is 0. The van der Waals surface area contributed by atoms with Crippen molar-refractivity contribution in [2.24, 2.45) is 5.92 Å². The van der Waals surface area contributed by atoms with E-state index in [1.807, 2.05) is 45.0 Å². The first-order valence-corrected chi connectivity index (χ1v) is 10.5. The molecule has 0 aliphatic carbocycles. The van der Waals surface area contributed by atoms with Crippen molar-refractivity contribution in [3.05, 3.63) is 65.9 Å². The van der Waals surface area contributed by atoms with E-state index >= 15 is 0 Å². The molecule has 0 spiro atoms. The molecule has 0 aliphatic heterocycles. The van der Waals surface area contributed by atoms with Crippen molar-refractivity contribution in [2.45, 2.75) is 39.8 Å². The molecule has 31 heavy (non-hydrogen) atoms. The fraction of sp³-hybridized carbons (Fsp3) is 0.292. The van der Waals surface area contributed by atoms with Crippen molar-refractivity contribution >= 4 is 33.6 Å². The van der Waals surface area contributed by atoms with Crippen LogP contribution >= 0.6 is 0 Å². The summed E-state index contributed by atoms with van der Waals surface area (Å²) in [6.07, 6.45) is 2.30. The molecule has 160 valence electrons. The molecule has 0 radical (unpaired) electrons. The molecule has 3 aromatic heterocycles. The van der Waals surface area contributed by atoms with Crippen LogP contribution in [-0.4, -0.2) is 27.8 Å². The average molecular weight is 418 g/mol. The van der Waals surface area contributed by atoms with E-state index in [4.69, 9.17) is 4.42 Å². The van der Waals surface area contributed by atoms with E-state index in [1.165, 1.54) is 0 Å². The third kappa shape index (κ3) is 4.17. The minimum atomic E-state index is -0.673. The molecule has 3 N–H and O–H groups in total. The van der Waals surface area contributed by atoms with Crippen LogP contribution in [0.5, 0.6) is 0 Å². The predicted octanol–water partition coefficient (Wildman–Crippen LogP) is 4.08. The average Bonchev–Trinajstić information content (AvgIpc) is 3.43. The van der Waals surface area contributed by atoms with Gasteiger partial charge in [0.2, 0.25) is 5.91 Å². The molecule has 2 unspecified atom stereocenters. The number of amides is 2. The number of furan rings is 1. The number of hydrogen-bond acceptors (Lipinski definition) is 4. The fourth-order valence-electron chi connectivity index (χ4n) is 3.74. The quantitative estimate of drug-likeness (QED) is 0.421. The van der Waals surface area contributed by atoms with Crippen LogP contribution in [0.4, 0.5) is 0 Å². The van der Waals surface area contributed by atoms with Gasteiger partial charge in [0.25, 0.3) is 5.91 Å². The standard InChI is InChI=1S/C24H26N4O3/c1-4-14(2)21(24(30)25-13-16-8-7-11-31-16)28-23(29)20-12-18-17-9-5-6-10-19(17)27-22(18)15(3)26-20/h5-12,14,21,27H,4,13H2,1-3H3,(H,25,30)(H,28,29). The molecule has 1 aromatic carbocycles. The van der Waals surface area contributed by atoms with Crippen LogP contribution in [0.3, 0.4) is 0 Å². The molecule has 0 bridgehead atoms. The molecule has 2 amide bonds. The number of aryl methyl sites for hydroxylation is 1. The molecular weight excluding hydrogens is 392 g/mol. The van der Waals surface area contributed by atoms with Gasteiger partial charge < -0.3 is 20.0 Å². The van der Waals surface area contributed by atoms with E-state index in [0.717, 1.165) is 33.9 Å². The number of rotatable bonds is 7. The van der Waals surface area contributed by atoms with Gasteiger partial charge >= 0.3 is 0 Å². The van der Waals surface area contributed by atoms with Crippen LogP contribution in [0, 0.1) is 12.8 Å². The Bertz CT molecular complexity index is 1230. The van der Waals surface area contributed by atoms with Gasteiger partial charge in [-0.25, -0.2) is 4.98 Å². The second-order valence-electron chi connectivity index (χ2n) is 7.82. The number of hydrogen-bond donors (Lipinski definition) is 3. The Morgan fingerprint density at radius 2 is 1.97 bits per heavy atom. The lowest BCUT2D eigenvalue weighted by molar-refractivity contribution is -0.124. The molecule has 4 rings (SSSR count). The minimum absolute atomic E-state index is 0.0431. The lowest BCUT2D eigenvalue weighted by Crippen LogP contribution is -2.50. The van der Waals surface area contributed by atoms with Gasteiger partial charge in [-0.1, -0.05) is 38.5 Å². The van der Waals surface area contributed by atoms with Gasteiger partial charge in [0, 0.05) is 16.3 Å². The van der Waals surface area contributed by atoms with Crippen LogP contribution in [-0.2, 0) is 11.3 Å². The normalized spacial score (nSPS) is 13.3. The summed E-state index contributed by atoms with van der Waals surface area (Å²) in [6.45, 7) is 6.08. The lowest BCUT2D eigenvalue weighted by Gasteiger charge is -2.23. The first-order valence-electron chi connectivity index (χ1n) is 10.5. The van der Waals surface area contributed by atoms with Crippen molar-refractivity contribution in [2.75, 3.05) is 0 Å². The largest absolute Gasteiger partial charge is 0.467 e. The topological polar surface area (TPSA) is 100 Å². The van der Waals surface area contributed by atoms with E-state index in [9.17, 15) is 9.59 Å². The Kier molecular flexibility index (Phi) is 5.75. The zero-order chi connectivity index (χ0) is 22.0. The van der Waals surface area contributed by atoms with E-state index in [0.29, 0.717) is 11.5 Å². The van der Waals surface area contributed by atoms with Crippen LogP contribution in [0.2, 0.25) is 0 Å². The highest BCUT2D eigenvalue weighted by atomic mass is 16.3. The Morgan fingerprint density at radius 1 is 1.16 bits per heavy atom. The van der Waals surface area contributed by atoms with Crippen molar-refractivity contribution < 1.29 is 14.0 Å². The first-order chi connectivity index (χ1) is 15.0. The Morgan fingerprint density at radius 3 is 2.71 bits per heavy atom. The lowest BCUT2D eigenvalue weighted by atomic mass is 9.98. The summed E-state index contributed by atoms with van der Waals surface area (Å²) in [5.74, 6) is 0.000786. The van der Waals surface area contributed by atoms with Crippen LogP contribution in [0.25, 0.3) is 21.8 Å². The third-order valence-corrected chi connectivity index (χ3v) is 5.71. The number of pyridine rings is 1. The SMILES string of the molecule is CCC(C)C(NC(=O)c1cc2c([nH]c3ccccc32)c(C)n1)C(=O)NCc1ccco1. The van der Waals surface area contributed by atoms with Gasteiger partial charge in [-0.2, -0.15) is 0 Å². The number of aromatic amines is 1. The van der Waals surface area contributed by atoms with Gasteiger partial charge in [0.15, 0.2) is 0 Å². The van der Waals surface area contributed by atoms with Crippen molar-refractivity contribution in [3.8, 4) is 0 Å². The number of fused-ring (bicyclic) bond motifs is 3. The molecule has 7 nitrogen and oxygen atoms in total. The number of nitrogens with zero attached hydrogens (tertiary/aromatic N) is 1. The van der Waals surface area contributed by atoms with Gasteiger partial charge in [0.1, 0.15) is 17.5 Å². The van der Waals surface area contributed by atoms with Crippen LogP contribution in [0.1, 0.15) is 42.2 Å². The molecule has 0 aliphatic rings. The third-order valence-electron chi connectivity index (χ3n) is 5.71. The number of benzene rings is 1. The van der Waals surface area contributed by atoms with Crippen molar-refractivity contribution in [3.63, 3.8) is 0 Å². The number of carbonyl (C=O) groups is 2. The van der Waals surface area contributed by atoms with Crippen molar-refractivity contribution in [1.29, 1.82) is 0 Å². The van der Waals surface area contributed by atoms with Gasteiger partial charge in [-0.05, 0) is 37.1 Å². The number of aromatic nitrogens is 2. The summed E-state index contributed by atoms with van der Waals surface area (Å²) in [5.41, 5.74) is 2.94. The molecular formula is C24H26N4O3. The molecule has 0 saturated carbocycles. The summed E-state index contributed by atoms with van der Waals surface area (Å²) in [7, 11) is 0. The number of nitrogens with one attached hydrogen (secondary N) is 3. The van der Waals surface area contributed by atoms with E-state index in [-0.39, 0.29) is 24.3 Å². The second-order valence-corrected chi connectivity index (χ2v) is 7.82. The maximum absolute atomic E-state index is 13.1.